The van der Waals surface area contributed by atoms with Crippen LogP contribution in [0, 0.1) is 0 Å². The number of para-hydroxylation sites is 2. The Morgan fingerprint density at radius 3 is 2.72 bits per heavy atom. The highest BCUT2D eigenvalue weighted by Gasteiger charge is 2.10. The largest absolute Gasteiger partial charge is 0.493 e. The van der Waals surface area contributed by atoms with Crippen LogP contribution in [0.1, 0.15) is 0 Å². The van der Waals surface area contributed by atoms with E-state index in [0.29, 0.717) is 29.6 Å². The average Bonchev–Trinajstić information content (AvgIpc) is 2.38. The van der Waals surface area contributed by atoms with Gasteiger partial charge in [0.2, 0.25) is 0 Å². The summed E-state index contributed by atoms with van der Waals surface area (Å²) in [5, 5.41) is 8.60. The number of methoxy groups -OCH3 is 1. The van der Waals surface area contributed by atoms with E-state index in [1.165, 1.54) is 11.8 Å². The minimum atomic E-state index is -0.979. The minimum absolute atomic E-state index is 0.380. The van der Waals surface area contributed by atoms with Gasteiger partial charge in [-0.1, -0.05) is 12.1 Å². The number of aliphatic carboxylic acids is 1. The number of carboxylic acid groups (broad SMARTS) is 1. The van der Waals surface area contributed by atoms with Crippen LogP contribution in [0.15, 0.2) is 24.3 Å². The predicted molar refractivity (Wildman–Crippen MR) is 71.4 cm³/mol. The first-order valence-electron chi connectivity index (χ1n) is 5.47. The maximum Gasteiger partial charge on any atom is 0.321 e. The van der Waals surface area contributed by atoms with E-state index in [2.05, 4.69) is 0 Å². The van der Waals surface area contributed by atoms with Crippen molar-refractivity contribution < 1.29 is 19.4 Å². The number of nitrogens with two attached hydrogens (primary N) is 1. The molecule has 0 aromatic heterocycles. The molecule has 0 fully saturated rings. The Morgan fingerprint density at radius 2 is 2.11 bits per heavy atom. The molecule has 6 heteroatoms. The third-order valence-corrected chi connectivity index (χ3v) is 3.22. The first-order valence-corrected chi connectivity index (χ1v) is 6.62. The van der Waals surface area contributed by atoms with E-state index in [4.69, 9.17) is 20.3 Å². The van der Waals surface area contributed by atoms with E-state index in [0.717, 1.165) is 0 Å². The van der Waals surface area contributed by atoms with Crippen LogP contribution in [0.5, 0.6) is 11.5 Å². The fraction of sp³-hybridized carbons (Fsp3) is 0.417. The maximum atomic E-state index is 10.5. The van der Waals surface area contributed by atoms with Crippen LogP contribution in [0.4, 0.5) is 0 Å². The topological polar surface area (TPSA) is 81.8 Å². The van der Waals surface area contributed by atoms with E-state index in [9.17, 15) is 4.79 Å². The molecule has 0 saturated carbocycles. The molecule has 1 atom stereocenters. The Labute approximate surface area is 110 Å². The summed E-state index contributed by atoms with van der Waals surface area (Å²) in [6.45, 7) is 0.484. The molecule has 18 heavy (non-hydrogen) atoms. The molecule has 0 radical (unpaired) electrons. The Kier molecular flexibility index (Phi) is 6.38. The van der Waals surface area contributed by atoms with Crippen LogP contribution in [0.3, 0.4) is 0 Å². The monoisotopic (exact) mass is 271 g/mol. The van der Waals surface area contributed by atoms with Crippen molar-refractivity contribution in [2.24, 2.45) is 5.73 Å². The number of benzene rings is 1. The molecule has 5 nitrogen and oxygen atoms in total. The lowest BCUT2D eigenvalue weighted by Gasteiger charge is -2.10. The van der Waals surface area contributed by atoms with Crippen LogP contribution < -0.4 is 15.2 Å². The zero-order chi connectivity index (χ0) is 13.4. The van der Waals surface area contributed by atoms with Gasteiger partial charge in [-0.3, -0.25) is 4.79 Å². The fourth-order valence-electron chi connectivity index (χ4n) is 1.23. The van der Waals surface area contributed by atoms with Gasteiger partial charge in [0.25, 0.3) is 0 Å². The molecule has 0 amide bonds. The molecule has 100 valence electrons. The Hall–Kier alpha value is -1.40. The number of hydrogen-bond donors (Lipinski definition) is 2. The van der Waals surface area contributed by atoms with E-state index in [-0.39, 0.29) is 0 Å². The second-order valence-electron chi connectivity index (χ2n) is 3.52. The van der Waals surface area contributed by atoms with Crippen LogP contribution in [-0.2, 0) is 4.79 Å². The fourth-order valence-corrected chi connectivity index (χ4v) is 1.99. The number of ether oxygens (including phenoxy) is 2. The van der Waals surface area contributed by atoms with Crippen molar-refractivity contribution in [1.82, 2.24) is 0 Å². The zero-order valence-corrected chi connectivity index (χ0v) is 11.0. The highest BCUT2D eigenvalue weighted by atomic mass is 32.2. The van der Waals surface area contributed by atoms with Gasteiger partial charge < -0.3 is 20.3 Å². The van der Waals surface area contributed by atoms with E-state index in [1.807, 2.05) is 24.3 Å². The lowest BCUT2D eigenvalue weighted by molar-refractivity contribution is -0.137. The summed E-state index contributed by atoms with van der Waals surface area (Å²) in [4.78, 5) is 10.5. The number of rotatable bonds is 8. The van der Waals surface area contributed by atoms with Crippen LogP contribution in [0.25, 0.3) is 0 Å². The van der Waals surface area contributed by atoms with Gasteiger partial charge >= 0.3 is 5.97 Å². The third-order valence-electron chi connectivity index (χ3n) is 2.17. The molecule has 0 heterocycles. The molecule has 0 aliphatic carbocycles. The number of hydrogen-bond acceptors (Lipinski definition) is 5. The van der Waals surface area contributed by atoms with Gasteiger partial charge in [-0.25, -0.2) is 0 Å². The quantitative estimate of drug-likeness (QED) is 0.692. The van der Waals surface area contributed by atoms with Gasteiger partial charge in [0.1, 0.15) is 6.04 Å². The van der Waals surface area contributed by atoms with Crippen molar-refractivity contribution in [2.75, 3.05) is 25.2 Å². The van der Waals surface area contributed by atoms with Crippen molar-refractivity contribution in [3.05, 3.63) is 24.3 Å². The summed E-state index contributed by atoms with van der Waals surface area (Å²) in [6, 6.07) is 6.56. The molecule has 1 aromatic rings. The average molecular weight is 271 g/mol. The lowest BCUT2D eigenvalue weighted by atomic mass is 10.3. The van der Waals surface area contributed by atoms with Crippen LogP contribution >= 0.6 is 11.8 Å². The maximum absolute atomic E-state index is 10.5. The summed E-state index contributed by atoms with van der Waals surface area (Å²) >= 11 is 1.45. The number of carbonyl (C=O) groups is 1. The van der Waals surface area contributed by atoms with Gasteiger partial charge in [0, 0.05) is 11.5 Å². The smallest absolute Gasteiger partial charge is 0.321 e. The Bertz CT molecular complexity index is 386. The standard InChI is InChI=1S/C12H17NO4S/c1-16-10-4-2-3-5-11(10)17-6-7-18-8-9(13)12(14)15/h2-5,9H,6-8,13H2,1H3,(H,14,15)/t9-/m1/s1. The molecular weight excluding hydrogens is 254 g/mol. The van der Waals surface area contributed by atoms with Crippen LogP contribution in [-0.4, -0.2) is 42.3 Å². The van der Waals surface area contributed by atoms with E-state index in [1.54, 1.807) is 7.11 Å². The second-order valence-corrected chi connectivity index (χ2v) is 4.67. The van der Waals surface area contributed by atoms with Gasteiger partial charge in [0.05, 0.1) is 13.7 Å². The molecule has 0 spiro atoms. The molecule has 0 unspecified atom stereocenters. The molecule has 3 N–H and O–H groups in total. The normalized spacial score (nSPS) is 11.9. The molecular formula is C12H17NO4S. The molecule has 0 aliphatic rings. The van der Waals surface area contributed by atoms with Crippen molar-refractivity contribution in [3.8, 4) is 11.5 Å². The van der Waals surface area contributed by atoms with E-state index >= 15 is 0 Å². The molecule has 1 rings (SSSR count). The van der Waals surface area contributed by atoms with Gasteiger partial charge in [0.15, 0.2) is 11.5 Å². The molecule has 1 aromatic carbocycles. The highest BCUT2D eigenvalue weighted by molar-refractivity contribution is 7.99. The predicted octanol–water partition coefficient (Wildman–Crippen LogP) is 1.22. The minimum Gasteiger partial charge on any atom is -0.493 e. The number of carboxylic acids is 1. The molecule has 0 saturated heterocycles. The summed E-state index contributed by atoms with van der Waals surface area (Å²) in [7, 11) is 1.59. The zero-order valence-electron chi connectivity index (χ0n) is 10.2. The SMILES string of the molecule is COc1ccccc1OCCSC[C@@H](N)C(=O)O. The molecule has 0 bridgehead atoms. The first kappa shape index (κ1) is 14.7. The summed E-state index contributed by atoms with van der Waals surface area (Å²) in [5.74, 6) is 1.45. The van der Waals surface area contributed by atoms with Crippen molar-refractivity contribution in [3.63, 3.8) is 0 Å². The van der Waals surface area contributed by atoms with Gasteiger partial charge in [-0.15, -0.1) is 0 Å². The Balaban J connectivity index is 2.24. The van der Waals surface area contributed by atoms with Gasteiger partial charge in [-0.2, -0.15) is 11.8 Å². The highest BCUT2D eigenvalue weighted by Crippen LogP contribution is 2.25. The summed E-state index contributed by atoms with van der Waals surface area (Å²) in [6.07, 6.45) is 0. The van der Waals surface area contributed by atoms with E-state index < -0.39 is 12.0 Å². The Morgan fingerprint density at radius 1 is 1.44 bits per heavy atom. The third kappa shape index (κ3) is 4.85. The summed E-state index contributed by atoms with van der Waals surface area (Å²) in [5.41, 5.74) is 5.37. The second kappa shape index (κ2) is 7.84. The van der Waals surface area contributed by atoms with Crippen LogP contribution in [0.2, 0.25) is 0 Å². The number of thioether (sulfide) groups is 1. The lowest BCUT2D eigenvalue weighted by Crippen LogP contribution is -2.32. The van der Waals surface area contributed by atoms with Crippen molar-refractivity contribution >= 4 is 17.7 Å². The van der Waals surface area contributed by atoms with Crippen molar-refractivity contribution in [1.29, 1.82) is 0 Å². The van der Waals surface area contributed by atoms with Gasteiger partial charge in [-0.05, 0) is 12.1 Å². The first-order chi connectivity index (χ1) is 8.65. The van der Waals surface area contributed by atoms with Crippen molar-refractivity contribution in [2.45, 2.75) is 6.04 Å². The molecule has 0 aliphatic heterocycles. The summed E-state index contributed by atoms with van der Waals surface area (Å²) < 4.78 is 10.7.